The van der Waals surface area contributed by atoms with Gasteiger partial charge in [0.2, 0.25) is 0 Å². The minimum absolute atomic E-state index is 0.0594. The van der Waals surface area contributed by atoms with Crippen LogP contribution in [0.15, 0.2) is 48.6 Å². The molecule has 0 aliphatic carbocycles. The second-order valence-electron chi connectivity index (χ2n) is 18.7. The molecule has 0 saturated carbocycles. The van der Waals surface area contributed by atoms with Gasteiger partial charge in [0.15, 0.2) is 12.6 Å². The molecule has 0 aromatic carbocycles. The van der Waals surface area contributed by atoms with Crippen molar-refractivity contribution in [2.24, 2.45) is 0 Å². The summed E-state index contributed by atoms with van der Waals surface area (Å²) in [7, 11) is 0. The highest BCUT2D eigenvalue weighted by Gasteiger charge is 2.47. The standard InChI is InChI=1S/C54H96O14/c1-3-5-7-9-11-13-15-17-18-19-20-21-22-23-24-25-27-29-31-33-35-37-46(56)66-43(40-63-38-36-34-32-30-28-26-16-14-12-10-8-6-4-2)41-64-53-52(62)50(60)48(58)45(68-53)42-65-54-51(61)49(59)47(57)44(39-55)67-54/h5,7,11,13,17-18,20-21,43-45,47-55,57-62H,3-4,6,8-10,12,14-16,19,22-42H2,1-2H3/b7-5-,13-11-,18-17-,21-20-. The zero-order valence-electron chi connectivity index (χ0n) is 42.1. The lowest BCUT2D eigenvalue weighted by molar-refractivity contribution is -0.332. The molecule has 14 nitrogen and oxygen atoms in total. The van der Waals surface area contributed by atoms with Crippen molar-refractivity contribution in [1.29, 1.82) is 0 Å². The number of allylic oxidation sites excluding steroid dienone is 8. The molecule has 0 aromatic heterocycles. The second kappa shape index (κ2) is 41.6. The average Bonchev–Trinajstić information content (AvgIpc) is 3.33. The van der Waals surface area contributed by atoms with E-state index in [1.54, 1.807) is 0 Å². The summed E-state index contributed by atoms with van der Waals surface area (Å²) in [4.78, 5) is 13.0. The van der Waals surface area contributed by atoms with Crippen LogP contribution in [0.2, 0.25) is 0 Å². The minimum atomic E-state index is -1.71. The van der Waals surface area contributed by atoms with Crippen molar-refractivity contribution in [2.75, 3.05) is 33.0 Å². The number of rotatable bonds is 42. The maximum absolute atomic E-state index is 13.0. The summed E-state index contributed by atoms with van der Waals surface area (Å²) in [6.07, 6.45) is 31.7. The van der Waals surface area contributed by atoms with E-state index in [0.29, 0.717) is 13.0 Å². The predicted molar refractivity (Wildman–Crippen MR) is 266 cm³/mol. The van der Waals surface area contributed by atoms with Crippen molar-refractivity contribution < 1.29 is 69.0 Å². The molecule has 2 rings (SSSR count). The van der Waals surface area contributed by atoms with E-state index in [4.69, 9.17) is 28.4 Å². The summed E-state index contributed by atoms with van der Waals surface area (Å²) >= 11 is 0. The van der Waals surface area contributed by atoms with Gasteiger partial charge in [-0.3, -0.25) is 4.79 Å². The van der Waals surface area contributed by atoms with E-state index < -0.39 is 80.7 Å². The highest BCUT2D eigenvalue weighted by molar-refractivity contribution is 5.69. The Morgan fingerprint density at radius 3 is 1.50 bits per heavy atom. The molecular formula is C54H96O14. The first-order chi connectivity index (χ1) is 33.1. The van der Waals surface area contributed by atoms with Crippen molar-refractivity contribution in [1.82, 2.24) is 0 Å². The van der Waals surface area contributed by atoms with Crippen LogP contribution < -0.4 is 0 Å². The third-order valence-electron chi connectivity index (χ3n) is 12.6. The quantitative estimate of drug-likeness (QED) is 0.0174. The van der Waals surface area contributed by atoms with Gasteiger partial charge in [0.05, 0.1) is 26.4 Å². The van der Waals surface area contributed by atoms with Crippen LogP contribution in [0, 0.1) is 0 Å². The van der Waals surface area contributed by atoms with Crippen molar-refractivity contribution in [3.05, 3.63) is 48.6 Å². The monoisotopic (exact) mass is 969 g/mol. The largest absolute Gasteiger partial charge is 0.457 e. The van der Waals surface area contributed by atoms with Crippen molar-refractivity contribution in [3.63, 3.8) is 0 Å². The molecule has 68 heavy (non-hydrogen) atoms. The summed E-state index contributed by atoms with van der Waals surface area (Å²) < 4.78 is 34.3. The molecule has 396 valence electrons. The van der Waals surface area contributed by atoms with Gasteiger partial charge in [-0.2, -0.15) is 0 Å². The van der Waals surface area contributed by atoms with Gasteiger partial charge in [-0.05, 0) is 51.4 Å². The molecule has 2 saturated heterocycles. The fourth-order valence-electron chi connectivity index (χ4n) is 8.28. The molecule has 2 aliphatic rings. The van der Waals surface area contributed by atoms with Crippen LogP contribution in [0.4, 0.5) is 0 Å². The fourth-order valence-corrected chi connectivity index (χ4v) is 8.28. The molecule has 11 unspecified atom stereocenters. The van der Waals surface area contributed by atoms with E-state index in [1.807, 2.05) is 0 Å². The highest BCUT2D eigenvalue weighted by Crippen LogP contribution is 2.26. The Hall–Kier alpha value is -2.05. The Balaban J connectivity index is 1.74. The SMILES string of the molecule is CC/C=C\C/C=C\C/C=C\C/C=C\CCCCCCCCCCC(=O)OC(COCCCCCCCCCCCCCCC)COC1OC(COC2OC(CO)C(O)C(O)C2O)C(O)C(O)C1O. The van der Waals surface area contributed by atoms with Crippen LogP contribution >= 0.6 is 0 Å². The average molecular weight is 969 g/mol. The van der Waals surface area contributed by atoms with Crippen LogP contribution in [0.3, 0.4) is 0 Å². The lowest BCUT2D eigenvalue weighted by Crippen LogP contribution is -2.61. The minimum Gasteiger partial charge on any atom is -0.457 e. The number of ether oxygens (including phenoxy) is 6. The summed E-state index contributed by atoms with van der Waals surface area (Å²) in [6, 6.07) is 0. The molecule has 2 aliphatic heterocycles. The molecule has 0 amide bonds. The molecule has 2 fully saturated rings. The van der Waals surface area contributed by atoms with Crippen LogP contribution in [0.1, 0.15) is 187 Å². The number of carbonyl (C=O) groups excluding carboxylic acids is 1. The predicted octanol–water partition coefficient (Wildman–Crippen LogP) is 8.35. The second-order valence-corrected chi connectivity index (χ2v) is 18.7. The van der Waals surface area contributed by atoms with E-state index in [2.05, 4.69) is 62.5 Å². The van der Waals surface area contributed by atoms with E-state index in [-0.39, 0.29) is 25.6 Å². The highest BCUT2D eigenvalue weighted by atomic mass is 16.7. The molecule has 0 aromatic rings. The van der Waals surface area contributed by atoms with E-state index in [0.717, 1.165) is 70.6 Å². The number of aliphatic hydroxyl groups excluding tert-OH is 7. The van der Waals surface area contributed by atoms with E-state index >= 15 is 0 Å². The Kier molecular flexibility index (Phi) is 37.9. The third-order valence-corrected chi connectivity index (χ3v) is 12.6. The van der Waals surface area contributed by atoms with Gasteiger partial charge in [-0.25, -0.2) is 0 Å². The van der Waals surface area contributed by atoms with E-state index in [9.17, 15) is 40.5 Å². The van der Waals surface area contributed by atoms with Crippen LogP contribution in [0.25, 0.3) is 0 Å². The summed E-state index contributed by atoms with van der Waals surface area (Å²) in [6.45, 7) is 3.57. The van der Waals surface area contributed by atoms with Crippen LogP contribution in [-0.2, 0) is 33.2 Å². The zero-order chi connectivity index (χ0) is 49.5. The molecule has 0 radical (unpaired) electrons. The molecular weight excluding hydrogens is 873 g/mol. The van der Waals surface area contributed by atoms with Gasteiger partial charge >= 0.3 is 5.97 Å². The molecule has 0 bridgehead atoms. The van der Waals surface area contributed by atoms with Gasteiger partial charge in [0.1, 0.15) is 54.9 Å². The Labute approximate surface area is 410 Å². The Morgan fingerprint density at radius 2 is 0.956 bits per heavy atom. The maximum atomic E-state index is 13.0. The molecule has 7 N–H and O–H groups in total. The number of unbranched alkanes of at least 4 members (excludes halogenated alkanes) is 20. The van der Waals surface area contributed by atoms with Gasteiger partial charge in [0.25, 0.3) is 0 Å². The Morgan fingerprint density at radius 1 is 0.500 bits per heavy atom. The van der Waals surface area contributed by atoms with Gasteiger partial charge < -0.3 is 64.2 Å². The Bertz CT molecular complexity index is 1310. The normalized spacial score (nSPS) is 26.2. The number of carbonyl (C=O) groups is 1. The topological polar surface area (TPSA) is 214 Å². The van der Waals surface area contributed by atoms with Gasteiger partial charge in [-0.15, -0.1) is 0 Å². The number of hydrogen-bond acceptors (Lipinski definition) is 14. The van der Waals surface area contributed by atoms with E-state index in [1.165, 1.54) is 89.9 Å². The lowest BCUT2D eigenvalue weighted by atomic mass is 9.98. The molecule has 11 atom stereocenters. The van der Waals surface area contributed by atoms with Gasteiger partial charge in [0, 0.05) is 13.0 Å². The van der Waals surface area contributed by atoms with Crippen molar-refractivity contribution >= 4 is 5.97 Å². The molecule has 0 spiro atoms. The first-order valence-electron chi connectivity index (χ1n) is 26.7. The van der Waals surface area contributed by atoms with Gasteiger partial charge in [-0.1, -0.05) is 178 Å². The number of esters is 1. The number of hydrogen-bond donors (Lipinski definition) is 7. The van der Waals surface area contributed by atoms with Crippen molar-refractivity contribution in [2.45, 2.75) is 255 Å². The zero-order valence-corrected chi connectivity index (χ0v) is 42.1. The van der Waals surface area contributed by atoms with Crippen LogP contribution in [0.5, 0.6) is 0 Å². The summed E-state index contributed by atoms with van der Waals surface area (Å²) in [5, 5.41) is 72.2. The summed E-state index contributed by atoms with van der Waals surface area (Å²) in [5.74, 6) is -0.384. The first-order valence-corrected chi connectivity index (χ1v) is 26.7. The van der Waals surface area contributed by atoms with Crippen molar-refractivity contribution in [3.8, 4) is 0 Å². The van der Waals surface area contributed by atoms with Crippen LogP contribution in [-0.4, -0.2) is 142 Å². The summed E-state index contributed by atoms with van der Waals surface area (Å²) in [5.41, 5.74) is 0. The maximum Gasteiger partial charge on any atom is 0.306 e. The molecule has 2 heterocycles. The smallest absolute Gasteiger partial charge is 0.306 e. The number of aliphatic hydroxyl groups is 7. The third kappa shape index (κ3) is 28.7. The fraction of sp³-hybridized carbons (Fsp3) is 0.833. The lowest BCUT2D eigenvalue weighted by Gasteiger charge is -2.42. The molecule has 14 heteroatoms. The first kappa shape index (κ1) is 62.1.